The molecule has 26 heavy (non-hydrogen) atoms. The maximum Gasteiger partial charge on any atom is 0.326 e. The second-order valence-corrected chi connectivity index (χ2v) is 6.00. The van der Waals surface area contributed by atoms with Crippen molar-refractivity contribution in [2.24, 2.45) is 0 Å². The Morgan fingerprint density at radius 3 is 2.38 bits per heavy atom. The van der Waals surface area contributed by atoms with Gasteiger partial charge in [-0.25, -0.2) is 4.79 Å². The Morgan fingerprint density at radius 1 is 1.15 bits per heavy atom. The van der Waals surface area contributed by atoms with Crippen LogP contribution in [0.2, 0.25) is 0 Å². The van der Waals surface area contributed by atoms with E-state index in [1.165, 1.54) is 6.08 Å². The molecule has 4 N–H and O–H groups in total. The van der Waals surface area contributed by atoms with Gasteiger partial charge >= 0.3 is 5.97 Å². The largest absolute Gasteiger partial charge is 0.480 e. The van der Waals surface area contributed by atoms with Gasteiger partial charge in [-0.2, -0.15) is 0 Å². The summed E-state index contributed by atoms with van der Waals surface area (Å²) in [6, 6.07) is 6.38. The van der Waals surface area contributed by atoms with Crippen molar-refractivity contribution < 1.29 is 24.3 Å². The van der Waals surface area contributed by atoms with E-state index in [-0.39, 0.29) is 18.7 Å². The molecule has 1 fully saturated rings. The summed E-state index contributed by atoms with van der Waals surface area (Å²) in [6.07, 6.45) is 1.44. The monoisotopic (exact) mass is 359 g/mol. The Morgan fingerprint density at radius 2 is 1.77 bits per heavy atom. The van der Waals surface area contributed by atoms with Crippen molar-refractivity contribution in [1.82, 2.24) is 16.0 Å². The molecule has 1 aromatic carbocycles. The first-order valence-electron chi connectivity index (χ1n) is 8.18. The van der Waals surface area contributed by atoms with Crippen molar-refractivity contribution in [2.75, 3.05) is 0 Å². The number of hydrogen-bond donors (Lipinski definition) is 4. The lowest BCUT2D eigenvalue weighted by Crippen LogP contribution is -2.63. The summed E-state index contributed by atoms with van der Waals surface area (Å²) in [6.45, 7) is 3.43. The van der Waals surface area contributed by atoms with E-state index in [0.717, 1.165) is 5.56 Å². The van der Waals surface area contributed by atoms with E-state index in [0.29, 0.717) is 6.42 Å². The average molecular weight is 359 g/mol. The summed E-state index contributed by atoms with van der Waals surface area (Å²) in [5.74, 6) is -2.69. The van der Waals surface area contributed by atoms with Crippen LogP contribution in [0.5, 0.6) is 0 Å². The van der Waals surface area contributed by atoms with Gasteiger partial charge in [-0.05, 0) is 12.0 Å². The molecule has 1 aliphatic rings. The summed E-state index contributed by atoms with van der Waals surface area (Å²) in [4.78, 5) is 47.4. The average Bonchev–Trinajstić information content (AvgIpc) is 2.59. The van der Waals surface area contributed by atoms with Crippen molar-refractivity contribution in [3.63, 3.8) is 0 Å². The number of carbonyl (C=O) groups excluding carboxylic acids is 3. The van der Waals surface area contributed by atoms with Crippen LogP contribution in [0.25, 0.3) is 0 Å². The number of benzene rings is 1. The molecule has 0 spiro atoms. The molecule has 3 atom stereocenters. The molecule has 2 rings (SSSR count). The van der Waals surface area contributed by atoms with Crippen molar-refractivity contribution in [3.8, 4) is 0 Å². The molecule has 1 aliphatic heterocycles. The van der Waals surface area contributed by atoms with Crippen LogP contribution in [0, 0.1) is 0 Å². The number of carboxylic acids is 1. The van der Waals surface area contributed by atoms with Crippen LogP contribution in [0.1, 0.15) is 18.4 Å². The third-order valence-corrected chi connectivity index (χ3v) is 3.97. The number of carboxylic acid groups (broad SMARTS) is 1. The molecule has 0 unspecified atom stereocenters. The van der Waals surface area contributed by atoms with Gasteiger partial charge in [-0.3, -0.25) is 14.4 Å². The third kappa shape index (κ3) is 5.17. The van der Waals surface area contributed by atoms with Gasteiger partial charge in [0.1, 0.15) is 18.1 Å². The van der Waals surface area contributed by atoms with E-state index in [4.69, 9.17) is 5.11 Å². The zero-order valence-electron chi connectivity index (χ0n) is 14.1. The molecular formula is C18H21N3O5. The zero-order chi connectivity index (χ0) is 19.1. The molecule has 8 nitrogen and oxygen atoms in total. The molecule has 138 valence electrons. The number of amides is 3. The predicted octanol–water partition coefficient (Wildman–Crippen LogP) is -0.252. The molecule has 3 amide bonds. The lowest BCUT2D eigenvalue weighted by molar-refractivity contribution is -0.142. The lowest BCUT2D eigenvalue weighted by Gasteiger charge is -2.29. The minimum Gasteiger partial charge on any atom is -0.480 e. The fourth-order valence-corrected chi connectivity index (χ4v) is 2.64. The van der Waals surface area contributed by atoms with Crippen LogP contribution < -0.4 is 16.0 Å². The number of piperazine rings is 1. The van der Waals surface area contributed by atoms with E-state index >= 15 is 0 Å². The quantitative estimate of drug-likeness (QED) is 0.476. The molecule has 0 bridgehead atoms. The number of rotatable bonds is 8. The van der Waals surface area contributed by atoms with Gasteiger partial charge in [-0.1, -0.05) is 36.4 Å². The van der Waals surface area contributed by atoms with Gasteiger partial charge in [0.2, 0.25) is 17.7 Å². The second-order valence-electron chi connectivity index (χ2n) is 6.00. The first-order valence-corrected chi connectivity index (χ1v) is 8.18. The van der Waals surface area contributed by atoms with Crippen LogP contribution in [0.15, 0.2) is 43.0 Å². The summed E-state index contributed by atoms with van der Waals surface area (Å²) in [7, 11) is 0. The van der Waals surface area contributed by atoms with Crippen molar-refractivity contribution in [1.29, 1.82) is 0 Å². The SMILES string of the molecule is C=CC[C@H](NC(=O)C[C@@H]1NC(=O)[C@H](Cc2ccccc2)NC1=O)C(=O)O. The normalized spacial score (nSPS) is 20.5. The van der Waals surface area contributed by atoms with Gasteiger partial charge < -0.3 is 21.1 Å². The van der Waals surface area contributed by atoms with E-state index in [9.17, 15) is 19.2 Å². The highest BCUT2D eigenvalue weighted by Gasteiger charge is 2.35. The molecular weight excluding hydrogens is 338 g/mol. The number of carbonyl (C=O) groups is 4. The highest BCUT2D eigenvalue weighted by Crippen LogP contribution is 2.08. The lowest BCUT2D eigenvalue weighted by atomic mass is 10.0. The summed E-state index contributed by atoms with van der Waals surface area (Å²) in [5.41, 5.74) is 0.901. The molecule has 0 aromatic heterocycles. The predicted molar refractivity (Wildman–Crippen MR) is 93.0 cm³/mol. The fourth-order valence-electron chi connectivity index (χ4n) is 2.64. The Labute approximate surface area is 150 Å². The summed E-state index contributed by atoms with van der Waals surface area (Å²) in [5, 5.41) is 16.5. The fraction of sp³-hybridized carbons (Fsp3) is 0.333. The first kappa shape index (κ1) is 19.2. The van der Waals surface area contributed by atoms with Crippen LogP contribution >= 0.6 is 0 Å². The van der Waals surface area contributed by atoms with Gasteiger partial charge in [-0.15, -0.1) is 6.58 Å². The zero-order valence-corrected chi connectivity index (χ0v) is 14.1. The van der Waals surface area contributed by atoms with Gasteiger partial charge in [0.25, 0.3) is 0 Å². The first-order chi connectivity index (χ1) is 12.4. The van der Waals surface area contributed by atoms with Crippen LogP contribution in [-0.2, 0) is 25.6 Å². The van der Waals surface area contributed by atoms with Gasteiger partial charge in [0.05, 0.1) is 6.42 Å². The highest BCUT2D eigenvalue weighted by molar-refractivity contribution is 5.99. The van der Waals surface area contributed by atoms with E-state index in [1.807, 2.05) is 30.3 Å². The second kappa shape index (κ2) is 8.80. The number of aliphatic carboxylic acids is 1. The summed E-state index contributed by atoms with van der Waals surface area (Å²) >= 11 is 0. The van der Waals surface area contributed by atoms with Crippen molar-refractivity contribution in [2.45, 2.75) is 37.4 Å². The van der Waals surface area contributed by atoms with Gasteiger partial charge in [0, 0.05) is 6.42 Å². The minimum absolute atomic E-state index is 0.0590. The molecule has 0 saturated carbocycles. The van der Waals surface area contributed by atoms with E-state index in [2.05, 4.69) is 22.5 Å². The highest BCUT2D eigenvalue weighted by atomic mass is 16.4. The standard InChI is InChI=1S/C18H21N3O5/c1-2-6-12(18(25)26)19-15(22)10-14-17(24)20-13(16(23)21-14)9-11-7-4-3-5-8-11/h2-5,7-8,12-14H,1,6,9-10H2,(H,19,22)(H,20,24)(H,21,23)(H,25,26)/t12-,13-,14-/m0/s1. The van der Waals surface area contributed by atoms with Gasteiger partial charge in [0.15, 0.2) is 0 Å². The Kier molecular flexibility index (Phi) is 6.48. The molecule has 1 heterocycles. The molecule has 0 aliphatic carbocycles. The molecule has 0 radical (unpaired) electrons. The van der Waals surface area contributed by atoms with Crippen molar-refractivity contribution in [3.05, 3.63) is 48.6 Å². The third-order valence-electron chi connectivity index (χ3n) is 3.97. The summed E-state index contributed by atoms with van der Waals surface area (Å²) < 4.78 is 0. The molecule has 8 heteroatoms. The Balaban J connectivity index is 1.91. The van der Waals surface area contributed by atoms with Crippen LogP contribution in [0.3, 0.4) is 0 Å². The number of hydrogen-bond acceptors (Lipinski definition) is 4. The van der Waals surface area contributed by atoms with E-state index < -0.39 is 35.9 Å². The smallest absolute Gasteiger partial charge is 0.326 e. The van der Waals surface area contributed by atoms with Crippen molar-refractivity contribution >= 4 is 23.7 Å². The number of nitrogens with one attached hydrogen (secondary N) is 3. The minimum atomic E-state index is -1.20. The topological polar surface area (TPSA) is 125 Å². The van der Waals surface area contributed by atoms with Crippen LogP contribution in [-0.4, -0.2) is 46.9 Å². The Hall–Kier alpha value is -3.16. The molecule has 1 saturated heterocycles. The molecule has 1 aromatic rings. The Bertz CT molecular complexity index is 704. The maximum atomic E-state index is 12.2. The van der Waals surface area contributed by atoms with E-state index in [1.54, 1.807) is 0 Å². The maximum absolute atomic E-state index is 12.2. The van der Waals surface area contributed by atoms with Crippen LogP contribution in [0.4, 0.5) is 0 Å².